The van der Waals surface area contributed by atoms with E-state index in [-0.39, 0.29) is 5.56 Å². The highest BCUT2D eigenvalue weighted by atomic mass is 19.4. The molecule has 38 heavy (non-hydrogen) atoms. The van der Waals surface area contributed by atoms with Crippen LogP contribution in [-0.2, 0) is 10.9 Å². The number of rotatable bonds is 10. The van der Waals surface area contributed by atoms with Gasteiger partial charge in [-0.3, -0.25) is 19.8 Å². The molecule has 2 aromatic heterocycles. The highest BCUT2D eigenvalue weighted by Gasteiger charge is 2.33. The van der Waals surface area contributed by atoms with Gasteiger partial charge in [-0.1, -0.05) is 6.07 Å². The van der Waals surface area contributed by atoms with E-state index in [9.17, 15) is 18.0 Å². The summed E-state index contributed by atoms with van der Waals surface area (Å²) in [7, 11) is 1.62. The third-order valence-corrected chi connectivity index (χ3v) is 5.37. The predicted octanol–water partition coefficient (Wildman–Crippen LogP) is 5.62. The van der Waals surface area contributed by atoms with Crippen molar-refractivity contribution in [2.75, 3.05) is 30.9 Å². The Bertz CT molecular complexity index is 1370. The first-order valence-electron chi connectivity index (χ1n) is 11.5. The molecule has 1 aromatic carbocycles. The number of carbonyl (C=O) groups is 1. The predicted molar refractivity (Wildman–Crippen MR) is 143 cm³/mol. The van der Waals surface area contributed by atoms with Crippen LogP contribution in [-0.4, -0.2) is 48.6 Å². The molecule has 3 aromatic rings. The quantitative estimate of drug-likeness (QED) is 0.265. The summed E-state index contributed by atoms with van der Waals surface area (Å²) in [5, 5.41) is 5.81. The van der Waals surface area contributed by atoms with Crippen LogP contribution in [0.1, 0.15) is 39.7 Å². The van der Waals surface area contributed by atoms with E-state index in [0.717, 1.165) is 22.9 Å². The Hall–Kier alpha value is -4.38. The van der Waals surface area contributed by atoms with Gasteiger partial charge in [0.05, 0.1) is 18.5 Å². The van der Waals surface area contributed by atoms with Crippen LogP contribution in [0.15, 0.2) is 71.0 Å². The molecule has 0 saturated carbocycles. The zero-order valence-electron chi connectivity index (χ0n) is 21.1. The van der Waals surface area contributed by atoms with Gasteiger partial charge in [0, 0.05) is 54.1 Å². The van der Waals surface area contributed by atoms with Gasteiger partial charge in [-0.15, -0.1) is 0 Å². The van der Waals surface area contributed by atoms with Crippen molar-refractivity contribution in [3.8, 4) is 0 Å². The molecule has 0 fully saturated rings. The molecule has 3 rings (SSSR count). The highest BCUT2D eigenvalue weighted by Crippen LogP contribution is 2.28. The summed E-state index contributed by atoms with van der Waals surface area (Å²) >= 11 is 0. The standard InChI is InChI=1S/C27H27F3N6O2/c1-17-5-6-21(36-26(37)20-8-9-32-24(13-20)27(28,29)30)15-22(17)18(2)35-23(16-31-3)19-7-10-33-25(14-19)34-11-12-38-4/h5-10,13-16H,3,11-12H2,1-2,4H3,(H,33,34)(H,36,37)/b23-16-,35-18+. The number of anilines is 2. The van der Waals surface area contributed by atoms with Crippen LogP contribution in [0.25, 0.3) is 5.70 Å². The van der Waals surface area contributed by atoms with E-state index in [1.165, 1.54) is 12.3 Å². The van der Waals surface area contributed by atoms with Gasteiger partial charge in [-0.25, -0.2) is 4.98 Å². The van der Waals surface area contributed by atoms with Gasteiger partial charge in [0.1, 0.15) is 11.5 Å². The largest absolute Gasteiger partial charge is 0.433 e. The number of ether oxygens (including phenoxy) is 1. The third-order valence-electron chi connectivity index (χ3n) is 5.37. The van der Waals surface area contributed by atoms with Crippen LogP contribution in [0.2, 0.25) is 0 Å². The number of aliphatic imine (C=N–C) groups is 2. The molecule has 2 heterocycles. The van der Waals surface area contributed by atoms with Crippen LogP contribution in [0.5, 0.6) is 0 Å². The van der Waals surface area contributed by atoms with Crippen LogP contribution in [0.4, 0.5) is 24.7 Å². The summed E-state index contributed by atoms with van der Waals surface area (Å²) in [4.78, 5) is 28.9. The van der Waals surface area contributed by atoms with E-state index in [4.69, 9.17) is 9.73 Å². The summed E-state index contributed by atoms with van der Waals surface area (Å²) in [5.74, 6) is -0.0444. The lowest BCUT2D eigenvalue weighted by Gasteiger charge is -2.12. The Kier molecular flexibility index (Phi) is 9.44. The smallest absolute Gasteiger partial charge is 0.383 e. The van der Waals surface area contributed by atoms with Crippen molar-refractivity contribution < 1.29 is 22.7 Å². The fraction of sp³-hybridized carbons (Fsp3) is 0.222. The summed E-state index contributed by atoms with van der Waals surface area (Å²) in [6.45, 7) is 8.34. The van der Waals surface area contributed by atoms with Gasteiger partial charge in [-0.05, 0) is 62.5 Å². The van der Waals surface area contributed by atoms with Crippen molar-refractivity contribution in [3.05, 3.63) is 89.0 Å². The summed E-state index contributed by atoms with van der Waals surface area (Å²) < 4.78 is 44.0. The lowest BCUT2D eigenvalue weighted by Crippen LogP contribution is -2.15. The van der Waals surface area contributed by atoms with Gasteiger partial charge in [-0.2, -0.15) is 13.2 Å². The number of carbonyl (C=O) groups excluding carboxylic acids is 1. The average Bonchev–Trinajstić information content (AvgIpc) is 2.89. The minimum Gasteiger partial charge on any atom is -0.383 e. The number of pyridine rings is 2. The van der Waals surface area contributed by atoms with Gasteiger partial charge in [0.2, 0.25) is 0 Å². The Labute approximate surface area is 218 Å². The molecule has 0 atom stereocenters. The fourth-order valence-corrected chi connectivity index (χ4v) is 3.48. The zero-order valence-corrected chi connectivity index (χ0v) is 21.1. The number of nitrogens with one attached hydrogen (secondary N) is 2. The molecule has 0 aliphatic carbocycles. The number of amides is 1. The lowest BCUT2D eigenvalue weighted by molar-refractivity contribution is -0.141. The molecule has 1 amide bonds. The maximum Gasteiger partial charge on any atom is 0.433 e. The number of hydrogen-bond acceptors (Lipinski definition) is 7. The molecular formula is C27H27F3N6O2. The first-order valence-corrected chi connectivity index (χ1v) is 11.5. The Morgan fingerprint density at radius 3 is 2.55 bits per heavy atom. The Morgan fingerprint density at radius 2 is 1.84 bits per heavy atom. The van der Waals surface area contributed by atoms with Crippen molar-refractivity contribution in [2.24, 2.45) is 9.98 Å². The topological polar surface area (TPSA) is 101 Å². The molecule has 198 valence electrons. The van der Waals surface area contributed by atoms with Crippen molar-refractivity contribution >= 4 is 35.5 Å². The molecule has 0 unspecified atom stereocenters. The minimum atomic E-state index is -4.65. The summed E-state index contributed by atoms with van der Waals surface area (Å²) in [6, 6.07) is 10.7. The first-order chi connectivity index (χ1) is 18.1. The van der Waals surface area contributed by atoms with E-state index in [1.54, 1.807) is 37.6 Å². The van der Waals surface area contributed by atoms with E-state index < -0.39 is 17.8 Å². The van der Waals surface area contributed by atoms with E-state index in [0.29, 0.717) is 42.1 Å². The molecule has 11 heteroatoms. The molecule has 0 aliphatic rings. The maximum atomic E-state index is 13.0. The van der Waals surface area contributed by atoms with Crippen LogP contribution in [0, 0.1) is 6.92 Å². The minimum absolute atomic E-state index is 0.158. The number of nitrogens with zero attached hydrogens (tertiary/aromatic N) is 4. The second-order valence-corrected chi connectivity index (χ2v) is 8.15. The summed E-state index contributed by atoms with van der Waals surface area (Å²) in [5.41, 5.74) is 2.65. The van der Waals surface area contributed by atoms with Crippen LogP contribution >= 0.6 is 0 Å². The van der Waals surface area contributed by atoms with Gasteiger partial charge < -0.3 is 15.4 Å². The summed E-state index contributed by atoms with van der Waals surface area (Å²) in [6.07, 6.45) is -0.520. The molecule has 0 bridgehead atoms. The second-order valence-electron chi connectivity index (χ2n) is 8.15. The molecule has 0 aliphatic heterocycles. The second kappa shape index (κ2) is 12.7. The monoisotopic (exact) mass is 524 g/mol. The number of aromatic nitrogens is 2. The van der Waals surface area contributed by atoms with Crippen LogP contribution < -0.4 is 10.6 Å². The molecule has 8 nitrogen and oxygen atoms in total. The normalized spacial score (nSPS) is 12.3. The molecule has 2 N–H and O–H groups in total. The first kappa shape index (κ1) is 28.2. The number of benzene rings is 1. The van der Waals surface area contributed by atoms with Gasteiger partial charge >= 0.3 is 6.18 Å². The van der Waals surface area contributed by atoms with Crippen molar-refractivity contribution in [1.29, 1.82) is 0 Å². The maximum absolute atomic E-state index is 13.0. The number of halogens is 3. The van der Waals surface area contributed by atoms with E-state index in [1.807, 2.05) is 19.9 Å². The molecular weight excluding hydrogens is 497 g/mol. The van der Waals surface area contributed by atoms with Gasteiger partial charge in [0.25, 0.3) is 5.91 Å². The third kappa shape index (κ3) is 7.56. The van der Waals surface area contributed by atoms with E-state index in [2.05, 4.69) is 32.3 Å². The SMILES string of the molecule is C=N/C=C(\N=C(/C)c1cc(NC(=O)c2ccnc(C(F)(F)F)c2)ccc1C)c1ccnc(NCCOC)c1. The van der Waals surface area contributed by atoms with Crippen molar-refractivity contribution in [2.45, 2.75) is 20.0 Å². The van der Waals surface area contributed by atoms with E-state index >= 15 is 0 Å². The highest BCUT2D eigenvalue weighted by molar-refractivity contribution is 6.07. The molecule has 0 spiro atoms. The number of aryl methyl sites for hydroxylation is 1. The van der Waals surface area contributed by atoms with Crippen molar-refractivity contribution in [1.82, 2.24) is 9.97 Å². The molecule has 0 radical (unpaired) electrons. The Morgan fingerprint density at radius 1 is 1.11 bits per heavy atom. The number of methoxy groups -OCH3 is 1. The fourth-order valence-electron chi connectivity index (χ4n) is 3.48. The lowest BCUT2D eigenvalue weighted by atomic mass is 10.0. The van der Waals surface area contributed by atoms with Crippen LogP contribution in [0.3, 0.4) is 0 Å². The number of hydrogen-bond donors (Lipinski definition) is 2. The average molecular weight is 525 g/mol. The van der Waals surface area contributed by atoms with Crippen molar-refractivity contribution in [3.63, 3.8) is 0 Å². The zero-order chi connectivity index (χ0) is 27.7. The Balaban J connectivity index is 1.86. The van der Waals surface area contributed by atoms with Gasteiger partial charge in [0.15, 0.2) is 0 Å². The molecule has 0 saturated heterocycles. The number of alkyl halides is 3.